The summed E-state index contributed by atoms with van der Waals surface area (Å²) in [4.78, 5) is -3.06. The van der Waals surface area contributed by atoms with E-state index < -0.39 is 55.4 Å². The standard InChI is InChI=1S/C13H14O9S3/c1-3-9(7-10(4-2)24(17,18)19)23(15,16)11-5-6-12(14)13(8-11)25(20,21)22/h3-8,14H,2H2,1H3,(H,17,18,19)(H,20,21,22)/b9-3+,10-7+. The molecule has 0 aromatic heterocycles. The number of phenolic OH excluding ortho intramolecular Hbond substituents is 1. The Hall–Kier alpha value is -1.99. The quantitative estimate of drug-likeness (QED) is 0.463. The number of aromatic hydroxyl groups is 1. The highest BCUT2D eigenvalue weighted by Gasteiger charge is 2.25. The fraction of sp³-hybridized carbons (Fsp3) is 0.0769. The van der Waals surface area contributed by atoms with Crippen molar-refractivity contribution in [2.45, 2.75) is 16.7 Å². The molecule has 12 heteroatoms. The number of benzene rings is 1. The summed E-state index contributed by atoms with van der Waals surface area (Å²) >= 11 is 0. The lowest BCUT2D eigenvalue weighted by Crippen LogP contribution is -2.08. The van der Waals surface area contributed by atoms with Gasteiger partial charge in [-0.3, -0.25) is 9.11 Å². The van der Waals surface area contributed by atoms with Gasteiger partial charge in [0, 0.05) is 0 Å². The Morgan fingerprint density at radius 3 is 2.00 bits per heavy atom. The maximum atomic E-state index is 12.6. The summed E-state index contributed by atoms with van der Waals surface area (Å²) in [5.74, 6) is -0.872. The molecule has 1 aromatic rings. The highest BCUT2D eigenvalue weighted by molar-refractivity contribution is 7.95. The molecule has 3 N–H and O–H groups in total. The maximum Gasteiger partial charge on any atom is 0.298 e. The number of hydrogen-bond donors (Lipinski definition) is 3. The van der Waals surface area contributed by atoms with E-state index in [1.807, 2.05) is 0 Å². The van der Waals surface area contributed by atoms with Crippen LogP contribution in [-0.2, 0) is 30.1 Å². The zero-order valence-electron chi connectivity index (χ0n) is 12.7. The summed E-state index contributed by atoms with van der Waals surface area (Å²) in [6.07, 6.45) is 2.34. The SMILES string of the molecule is C=C/C(=C\C(=C/C)S(=O)(=O)c1ccc(O)c(S(=O)(=O)O)c1)S(=O)(=O)O. The Balaban J connectivity index is 3.67. The third kappa shape index (κ3) is 4.76. The lowest BCUT2D eigenvalue weighted by Gasteiger charge is -2.09. The molecule has 0 aliphatic rings. The molecule has 0 saturated carbocycles. The van der Waals surface area contributed by atoms with Crippen molar-refractivity contribution in [2.24, 2.45) is 0 Å². The van der Waals surface area contributed by atoms with E-state index in [-0.39, 0.29) is 0 Å². The van der Waals surface area contributed by atoms with Gasteiger partial charge in [-0.25, -0.2) is 8.42 Å². The molecule has 25 heavy (non-hydrogen) atoms. The number of phenols is 1. The van der Waals surface area contributed by atoms with Crippen molar-refractivity contribution < 1.29 is 39.5 Å². The van der Waals surface area contributed by atoms with Gasteiger partial charge in [-0.15, -0.1) is 0 Å². The Labute approximate surface area is 145 Å². The number of rotatable bonds is 6. The highest BCUT2D eigenvalue weighted by atomic mass is 32.2. The first-order valence-electron chi connectivity index (χ1n) is 6.28. The molecule has 0 atom stereocenters. The smallest absolute Gasteiger partial charge is 0.298 e. The Bertz CT molecular complexity index is 1070. The average Bonchev–Trinajstić information content (AvgIpc) is 2.45. The van der Waals surface area contributed by atoms with E-state index in [2.05, 4.69) is 6.58 Å². The molecule has 0 heterocycles. The topological polar surface area (TPSA) is 163 Å². The molecule has 0 aliphatic carbocycles. The molecule has 0 bridgehead atoms. The Kier molecular flexibility index (Phi) is 5.97. The predicted octanol–water partition coefficient (Wildman–Crippen LogP) is 1.27. The second kappa shape index (κ2) is 7.09. The Morgan fingerprint density at radius 2 is 1.60 bits per heavy atom. The molecule has 138 valence electrons. The molecule has 0 radical (unpaired) electrons. The number of hydrogen-bond acceptors (Lipinski definition) is 7. The van der Waals surface area contributed by atoms with Crippen molar-refractivity contribution in [3.8, 4) is 5.75 Å². The summed E-state index contributed by atoms with van der Waals surface area (Å²) in [7, 11) is -14.1. The molecular formula is C13H14O9S3. The molecule has 1 aromatic carbocycles. The van der Waals surface area contributed by atoms with Crippen LogP contribution in [-0.4, -0.2) is 39.5 Å². The average molecular weight is 410 g/mol. The summed E-state index contributed by atoms with van der Waals surface area (Å²) in [5, 5.41) is 9.44. The lowest BCUT2D eigenvalue weighted by atomic mass is 10.3. The second-order valence-corrected chi connectivity index (χ2v) is 9.29. The first-order chi connectivity index (χ1) is 11.2. The van der Waals surface area contributed by atoms with Crippen LogP contribution in [0.5, 0.6) is 5.75 Å². The fourth-order valence-electron chi connectivity index (χ4n) is 1.70. The summed E-state index contributed by atoms with van der Waals surface area (Å²) < 4.78 is 87.8. The monoisotopic (exact) mass is 410 g/mol. The van der Waals surface area contributed by atoms with Gasteiger partial charge in [-0.05, 0) is 37.3 Å². The molecule has 0 saturated heterocycles. The van der Waals surface area contributed by atoms with Gasteiger partial charge in [-0.2, -0.15) is 16.8 Å². The molecular weight excluding hydrogens is 396 g/mol. The van der Waals surface area contributed by atoms with Crippen molar-refractivity contribution in [1.82, 2.24) is 0 Å². The van der Waals surface area contributed by atoms with Crippen LogP contribution >= 0.6 is 0 Å². The molecule has 9 nitrogen and oxygen atoms in total. The molecule has 0 spiro atoms. The van der Waals surface area contributed by atoms with Crippen LogP contribution in [0.3, 0.4) is 0 Å². The third-order valence-electron chi connectivity index (χ3n) is 2.90. The van der Waals surface area contributed by atoms with Crippen molar-refractivity contribution in [3.05, 3.63) is 52.8 Å². The summed E-state index contributed by atoms with van der Waals surface area (Å²) in [6.45, 7) is 4.41. The van der Waals surface area contributed by atoms with Crippen molar-refractivity contribution >= 4 is 30.1 Å². The van der Waals surface area contributed by atoms with E-state index >= 15 is 0 Å². The third-order valence-corrected chi connectivity index (χ3v) is 6.51. The zero-order chi connectivity index (χ0) is 19.6. The van der Waals surface area contributed by atoms with E-state index in [4.69, 9.17) is 9.11 Å². The van der Waals surface area contributed by atoms with Gasteiger partial charge in [0.25, 0.3) is 20.2 Å². The van der Waals surface area contributed by atoms with Gasteiger partial charge in [0.05, 0.1) is 14.7 Å². The van der Waals surface area contributed by atoms with E-state index in [1.54, 1.807) is 0 Å². The van der Waals surface area contributed by atoms with Crippen molar-refractivity contribution in [3.63, 3.8) is 0 Å². The van der Waals surface area contributed by atoms with Gasteiger partial charge < -0.3 is 5.11 Å². The molecule has 0 amide bonds. The second-order valence-electron chi connectivity index (χ2n) is 4.52. The van der Waals surface area contributed by atoms with E-state index in [9.17, 15) is 30.4 Å². The first-order valence-corrected chi connectivity index (χ1v) is 10.6. The van der Waals surface area contributed by atoms with Gasteiger partial charge in [0.15, 0.2) is 0 Å². The zero-order valence-corrected chi connectivity index (χ0v) is 15.1. The van der Waals surface area contributed by atoms with E-state index in [0.717, 1.165) is 24.3 Å². The number of sulfone groups is 1. The van der Waals surface area contributed by atoms with Crippen LogP contribution < -0.4 is 0 Å². The summed E-state index contributed by atoms with van der Waals surface area (Å²) in [5.41, 5.74) is 0. The molecule has 0 fully saturated rings. The minimum Gasteiger partial charge on any atom is -0.506 e. The van der Waals surface area contributed by atoms with Gasteiger partial charge in [0.2, 0.25) is 9.84 Å². The first kappa shape index (κ1) is 21.1. The van der Waals surface area contributed by atoms with Crippen LogP contribution in [0, 0.1) is 0 Å². The van der Waals surface area contributed by atoms with Gasteiger partial charge in [0.1, 0.15) is 10.6 Å². The summed E-state index contributed by atoms with van der Waals surface area (Å²) in [6, 6.07) is 2.11. The van der Waals surface area contributed by atoms with Gasteiger partial charge in [-0.1, -0.05) is 12.7 Å². The van der Waals surface area contributed by atoms with Crippen molar-refractivity contribution in [1.29, 1.82) is 0 Å². The van der Waals surface area contributed by atoms with E-state index in [0.29, 0.717) is 12.1 Å². The fourth-order valence-corrected chi connectivity index (χ4v) is 4.33. The van der Waals surface area contributed by atoms with Crippen LogP contribution in [0.15, 0.2) is 62.6 Å². The number of allylic oxidation sites excluding steroid dienone is 3. The molecule has 1 rings (SSSR count). The lowest BCUT2D eigenvalue weighted by molar-refractivity contribution is 0.442. The maximum absolute atomic E-state index is 12.6. The van der Waals surface area contributed by atoms with Crippen LogP contribution in [0.1, 0.15) is 6.92 Å². The van der Waals surface area contributed by atoms with Crippen LogP contribution in [0.25, 0.3) is 0 Å². The van der Waals surface area contributed by atoms with Crippen LogP contribution in [0.2, 0.25) is 0 Å². The minimum atomic E-state index is -4.90. The predicted molar refractivity (Wildman–Crippen MR) is 88.7 cm³/mol. The van der Waals surface area contributed by atoms with E-state index in [1.165, 1.54) is 6.92 Å². The van der Waals surface area contributed by atoms with Gasteiger partial charge >= 0.3 is 0 Å². The van der Waals surface area contributed by atoms with Crippen molar-refractivity contribution in [2.75, 3.05) is 0 Å². The Morgan fingerprint density at radius 1 is 1.04 bits per heavy atom. The molecule has 0 unspecified atom stereocenters. The molecule has 0 aliphatic heterocycles. The highest BCUT2D eigenvalue weighted by Crippen LogP contribution is 2.29. The largest absolute Gasteiger partial charge is 0.506 e. The normalized spacial score (nSPS) is 14.4. The minimum absolute atomic E-state index is 0.512. The van der Waals surface area contributed by atoms with Crippen LogP contribution in [0.4, 0.5) is 0 Å².